The standard InChI is InChI=1S/C52H73N3O4/c1-33(2)15-16-35(4)25-45-50-28-40-21-22-51(50,52(45)43-14-8-12-39(13-9-23-53)47(43)48(56)59-52)46(58-49(50)57)20-18-41(27-36-10-6-5-7-11-36)54-29-37-26-38(30-54)32-55(31-37)44-19-17-34(3)24-42(40)44/h8,12,14,19-20,28,33-38,41-42,45H,5-7,9-11,13,15-18,21-27,29-32,53H2,1-4H3. The van der Waals surface area contributed by atoms with Crippen molar-refractivity contribution in [3.8, 4) is 0 Å². The number of piperidine rings is 2. The van der Waals surface area contributed by atoms with Crippen LogP contribution in [0.4, 0.5) is 0 Å². The Morgan fingerprint density at radius 3 is 2.51 bits per heavy atom. The number of nitrogens with zero attached hydrogens (tertiary/aromatic N) is 2. The summed E-state index contributed by atoms with van der Waals surface area (Å²) in [5.74, 6) is 4.29. The molecule has 1 aromatic rings. The number of aryl methyl sites for hydroxylation is 1. The third-order valence-corrected chi connectivity index (χ3v) is 17.6. The Morgan fingerprint density at radius 1 is 0.949 bits per heavy atom. The van der Waals surface area contributed by atoms with Gasteiger partial charge in [-0.3, -0.25) is 9.69 Å². The molecular formula is C52H73N3O4. The summed E-state index contributed by atoms with van der Waals surface area (Å²) < 4.78 is 14.1. The van der Waals surface area contributed by atoms with E-state index >= 15 is 4.79 Å². The van der Waals surface area contributed by atoms with Crippen LogP contribution in [-0.4, -0.2) is 60.5 Å². The number of allylic oxidation sites excluding steroid dienone is 2. The summed E-state index contributed by atoms with van der Waals surface area (Å²) in [5.41, 5.74) is 9.18. The van der Waals surface area contributed by atoms with Crippen molar-refractivity contribution < 1.29 is 19.1 Å². The summed E-state index contributed by atoms with van der Waals surface area (Å²) in [7, 11) is 0. The fraction of sp³-hybridized carbons (Fsp3) is 0.731. The van der Waals surface area contributed by atoms with Crippen LogP contribution in [0.5, 0.6) is 0 Å². The second kappa shape index (κ2) is 15.5. The number of carbonyl (C=O) groups excluding carboxylic acids is 2. The topological polar surface area (TPSA) is 85.1 Å². The van der Waals surface area contributed by atoms with E-state index in [1.54, 1.807) is 0 Å². The number of carbonyl (C=O) groups is 2. The van der Waals surface area contributed by atoms with Crippen LogP contribution in [0.1, 0.15) is 152 Å². The Kier molecular flexibility index (Phi) is 10.5. The van der Waals surface area contributed by atoms with Gasteiger partial charge >= 0.3 is 11.9 Å². The normalized spacial score (nSPS) is 39.1. The number of hydrogen-bond acceptors (Lipinski definition) is 7. The zero-order chi connectivity index (χ0) is 40.7. The highest BCUT2D eigenvalue weighted by molar-refractivity contribution is 5.99. The Hall–Kier alpha value is -2.90. The van der Waals surface area contributed by atoms with E-state index in [-0.39, 0.29) is 17.9 Å². The van der Waals surface area contributed by atoms with E-state index in [2.05, 4.69) is 73.9 Å². The van der Waals surface area contributed by atoms with E-state index in [4.69, 9.17) is 15.2 Å². The number of benzene rings is 1. The first kappa shape index (κ1) is 40.2. The van der Waals surface area contributed by atoms with E-state index in [0.29, 0.717) is 48.1 Å². The molecule has 3 saturated heterocycles. The molecule has 59 heavy (non-hydrogen) atoms. The summed E-state index contributed by atoms with van der Waals surface area (Å²) in [6, 6.07) is 6.84. The minimum Gasteiger partial charge on any atom is -0.449 e. The number of ether oxygens (including phenoxy) is 2. The van der Waals surface area contributed by atoms with Crippen LogP contribution in [0.15, 0.2) is 53.5 Å². The summed E-state index contributed by atoms with van der Waals surface area (Å²) in [6.45, 7) is 14.6. The number of nitrogens with two attached hydrogens (primary N) is 1. The van der Waals surface area contributed by atoms with E-state index in [0.717, 1.165) is 119 Å². The lowest BCUT2D eigenvalue weighted by Crippen LogP contribution is -2.75. The minimum atomic E-state index is -0.961. The lowest BCUT2D eigenvalue weighted by Gasteiger charge is -2.69. The molecule has 4 aliphatic carbocycles. The monoisotopic (exact) mass is 804 g/mol. The largest absolute Gasteiger partial charge is 0.449 e. The molecule has 12 aliphatic rings. The summed E-state index contributed by atoms with van der Waals surface area (Å²) in [5, 5.41) is 0. The first-order chi connectivity index (χ1) is 28.6. The molecule has 0 aromatic heterocycles. The van der Waals surface area contributed by atoms with Crippen LogP contribution in [0.3, 0.4) is 0 Å². The Morgan fingerprint density at radius 2 is 1.75 bits per heavy atom. The van der Waals surface area contributed by atoms with Gasteiger partial charge in [0.1, 0.15) is 11.2 Å². The van der Waals surface area contributed by atoms with E-state index in [1.807, 2.05) is 0 Å². The number of fused-ring (bicyclic) bond motifs is 2. The Bertz CT molecular complexity index is 1900. The molecule has 10 atom stereocenters. The lowest BCUT2D eigenvalue weighted by molar-refractivity contribution is -0.274. The van der Waals surface area contributed by atoms with Crippen LogP contribution < -0.4 is 5.73 Å². The van der Waals surface area contributed by atoms with Crippen molar-refractivity contribution in [3.63, 3.8) is 0 Å². The van der Waals surface area contributed by atoms with Gasteiger partial charge in [0.05, 0.1) is 11.0 Å². The van der Waals surface area contributed by atoms with Crippen molar-refractivity contribution in [2.45, 2.75) is 148 Å². The lowest BCUT2D eigenvalue weighted by atomic mass is 9.31. The van der Waals surface area contributed by atoms with E-state index in [1.165, 1.54) is 56.2 Å². The quantitative estimate of drug-likeness (QED) is 0.186. The number of hydrogen-bond donors (Lipinski definition) is 1. The molecular weight excluding hydrogens is 731 g/mol. The highest BCUT2D eigenvalue weighted by atomic mass is 16.6. The number of rotatable bonds is 10. The van der Waals surface area contributed by atoms with Crippen LogP contribution in [0.25, 0.3) is 0 Å². The van der Waals surface area contributed by atoms with Gasteiger partial charge in [-0.25, -0.2) is 4.79 Å². The molecule has 7 nitrogen and oxygen atoms in total. The Labute approximate surface area is 355 Å². The maximum atomic E-state index is 15.5. The molecule has 7 heteroatoms. The molecule has 8 heterocycles. The van der Waals surface area contributed by atoms with Gasteiger partial charge in [-0.1, -0.05) is 109 Å². The van der Waals surface area contributed by atoms with Crippen LogP contribution in [-0.2, 0) is 26.3 Å². The van der Waals surface area contributed by atoms with Gasteiger partial charge in [-0.15, -0.1) is 0 Å². The first-order valence-electron chi connectivity index (χ1n) is 24.5. The second-order valence-corrected chi connectivity index (χ2v) is 21.9. The maximum absolute atomic E-state index is 15.5. The molecule has 5 fully saturated rings. The van der Waals surface area contributed by atoms with Crippen LogP contribution >= 0.6 is 0 Å². The van der Waals surface area contributed by atoms with Crippen molar-refractivity contribution in [2.24, 2.45) is 63.9 Å². The molecule has 0 radical (unpaired) electrons. The van der Waals surface area contributed by atoms with Gasteiger partial charge in [0.15, 0.2) is 5.60 Å². The maximum Gasteiger partial charge on any atom is 0.339 e. The molecule has 13 rings (SSSR count). The molecule has 2 spiro atoms. The average molecular weight is 804 g/mol. The van der Waals surface area contributed by atoms with Crippen LogP contribution in [0, 0.1) is 58.2 Å². The third kappa shape index (κ3) is 6.22. The molecule has 0 amide bonds. The average Bonchev–Trinajstić information content (AvgIpc) is 3.67. The summed E-state index contributed by atoms with van der Waals surface area (Å²) in [4.78, 5) is 35.9. The van der Waals surface area contributed by atoms with Gasteiger partial charge in [-0.2, -0.15) is 0 Å². The third-order valence-electron chi connectivity index (χ3n) is 17.6. The molecule has 8 aliphatic heterocycles. The van der Waals surface area contributed by atoms with E-state index < -0.39 is 16.4 Å². The summed E-state index contributed by atoms with van der Waals surface area (Å²) in [6.07, 6.45) is 26.2. The first-order valence-corrected chi connectivity index (χ1v) is 24.5. The van der Waals surface area contributed by atoms with Gasteiger partial charge < -0.3 is 20.1 Å². The van der Waals surface area contributed by atoms with Crippen molar-refractivity contribution in [3.05, 3.63) is 70.1 Å². The Balaban J connectivity index is 1.17. The predicted molar refractivity (Wildman–Crippen MR) is 233 cm³/mol. The van der Waals surface area contributed by atoms with Crippen molar-refractivity contribution in [1.29, 1.82) is 0 Å². The van der Waals surface area contributed by atoms with Gasteiger partial charge in [0.2, 0.25) is 0 Å². The molecule has 2 N–H and O–H groups in total. The van der Waals surface area contributed by atoms with Crippen molar-refractivity contribution in [1.82, 2.24) is 9.80 Å². The van der Waals surface area contributed by atoms with Crippen molar-refractivity contribution in [2.75, 3.05) is 32.7 Å². The predicted octanol–water partition coefficient (Wildman–Crippen LogP) is 10.1. The van der Waals surface area contributed by atoms with E-state index in [9.17, 15) is 4.79 Å². The second-order valence-electron chi connectivity index (χ2n) is 21.9. The molecule has 1 aromatic carbocycles. The molecule has 10 unspecified atom stereocenters. The summed E-state index contributed by atoms with van der Waals surface area (Å²) >= 11 is 0. The number of esters is 2. The minimum absolute atomic E-state index is 0.0937. The fourth-order valence-electron chi connectivity index (χ4n) is 15.1. The zero-order valence-electron chi connectivity index (χ0n) is 36.8. The van der Waals surface area contributed by atoms with Gasteiger partial charge in [-0.05, 0) is 118 Å². The highest BCUT2D eigenvalue weighted by Crippen LogP contribution is 2.85. The zero-order valence-corrected chi connectivity index (χ0v) is 36.8. The van der Waals surface area contributed by atoms with Crippen molar-refractivity contribution >= 4 is 11.9 Å². The SMILES string of the molecule is CC(C)CCC(C)CC1C23C=C4CCC2(C(=CCC(CC2CCCCC2)N2CC5CC(CN(C5)C5=CCC(C)CC45)C2)OC3=O)C12OC(=O)c1c(CCCN)cccc12. The highest BCUT2D eigenvalue weighted by Gasteiger charge is 2.91. The van der Waals surface area contributed by atoms with Gasteiger partial charge in [0.25, 0.3) is 0 Å². The molecule has 2 saturated carbocycles. The molecule has 320 valence electrons. The van der Waals surface area contributed by atoms with Crippen LogP contribution in [0.2, 0.25) is 0 Å². The smallest absolute Gasteiger partial charge is 0.339 e. The fourth-order valence-corrected chi connectivity index (χ4v) is 15.1. The molecule has 8 bridgehead atoms. The van der Waals surface area contributed by atoms with Gasteiger partial charge in [0, 0.05) is 55.3 Å².